The number of carbonyl (C=O) groups is 3. The zero-order valence-electron chi connectivity index (χ0n) is 12.8. The highest BCUT2D eigenvalue weighted by Crippen LogP contribution is 2.26. The number of nitrogens with one attached hydrogen (secondary N) is 1. The molecule has 2 radical (unpaired) electrons. The van der Waals surface area contributed by atoms with Crippen LogP contribution in [0.25, 0.3) is 0 Å². The fourth-order valence-corrected chi connectivity index (χ4v) is 2.37. The van der Waals surface area contributed by atoms with Crippen molar-refractivity contribution in [1.29, 1.82) is 0 Å². The summed E-state index contributed by atoms with van der Waals surface area (Å²) in [6.07, 6.45) is -0.682. The van der Waals surface area contributed by atoms with Crippen molar-refractivity contribution in [3.05, 3.63) is 0 Å². The number of likely N-dealkylation sites (tertiary alicyclic amines) is 1. The van der Waals surface area contributed by atoms with Crippen molar-refractivity contribution in [1.82, 2.24) is 10.2 Å². The average molecular weight is 296 g/mol. The van der Waals surface area contributed by atoms with Gasteiger partial charge in [0.15, 0.2) is 5.81 Å². The van der Waals surface area contributed by atoms with E-state index < -0.39 is 41.3 Å². The number of aliphatic hydroxyl groups is 1. The molecule has 7 nitrogen and oxygen atoms in total. The molecule has 21 heavy (non-hydrogen) atoms. The Morgan fingerprint density at radius 2 is 1.95 bits per heavy atom. The third kappa shape index (κ3) is 4.20. The van der Waals surface area contributed by atoms with E-state index in [4.69, 9.17) is 7.85 Å². The Hall–Kier alpha value is -1.57. The smallest absolute Gasteiger partial charge is 0.328 e. The van der Waals surface area contributed by atoms with Gasteiger partial charge in [-0.3, -0.25) is 9.59 Å². The zero-order valence-corrected chi connectivity index (χ0v) is 12.8. The number of hydrogen-bond donors (Lipinski definition) is 2. The molecule has 1 aliphatic rings. The van der Waals surface area contributed by atoms with E-state index in [2.05, 4.69) is 10.1 Å². The summed E-state index contributed by atoms with van der Waals surface area (Å²) in [7, 11) is 6.33. The number of carbonyl (C=O) groups excluding carboxylic acids is 3. The third-order valence-corrected chi connectivity index (χ3v) is 3.43. The molecule has 1 fully saturated rings. The van der Waals surface area contributed by atoms with Crippen LogP contribution in [0.4, 0.5) is 4.79 Å². The van der Waals surface area contributed by atoms with Crippen LogP contribution in [-0.2, 0) is 14.3 Å². The Labute approximate surface area is 125 Å². The molecule has 0 spiro atoms. The van der Waals surface area contributed by atoms with Gasteiger partial charge in [0.1, 0.15) is 12.1 Å². The molecule has 2 N–H and O–H groups in total. The Kier molecular flexibility index (Phi) is 5.39. The molecular weight excluding hydrogens is 275 g/mol. The van der Waals surface area contributed by atoms with E-state index in [-0.39, 0.29) is 13.0 Å². The van der Waals surface area contributed by atoms with Crippen LogP contribution in [0.15, 0.2) is 0 Å². The number of hydrogen-bond acceptors (Lipinski definition) is 5. The van der Waals surface area contributed by atoms with Crippen molar-refractivity contribution in [2.45, 2.75) is 45.4 Å². The Bertz CT molecular complexity index is 435. The summed E-state index contributed by atoms with van der Waals surface area (Å²) < 4.78 is 4.65. The molecule has 116 valence electrons. The number of ether oxygens (including phenoxy) is 1. The summed E-state index contributed by atoms with van der Waals surface area (Å²) in [4.78, 5) is 36.7. The molecule has 3 unspecified atom stereocenters. The number of aliphatic hydroxyl groups excluding tert-OH is 1. The molecule has 3 atom stereocenters. The minimum absolute atomic E-state index is 0.0195. The van der Waals surface area contributed by atoms with Crippen LogP contribution in [-0.4, -0.2) is 67.4 Å². The maximum atomic E-state index is 12.6. The van der Waals surface area contributed by atoms with Crippen molar-refractivity contribution >= 4 is 25.5 Å². The van der Waals surface area contributed by atoms with Crippen LogP contribution < -0.4 is 5.32 Å². The lowest BCUT2D eigenvalue weighted by Gasteiger charge is -2.34. The molecule has 0 aliphatic carbocycles. The SMILES string of the molecule is [B]C(=O)NC(C(=O)N1CC(O)CC1C(=O)OC)C(C)(C)C. The van der Waals surface area contributed by atoms with E-state index in [1.165, 1.54) is 12.0 Å². The van der Waals surface area contributed by atoms with E-state index in [1.54, 1.807) is 20.8 Å². The first-order chi connectivity index (χ1) is 9.57. The normalized spacial score (nSPS) is 23.6. The van der Waals surface area contributed by atoms with Crippen LogP contribution in [0.5, 0.6) is 0 Å². The van der Waals surface area contributed by atoms with Gasteiger partial charge < -0.3 is 20.1 Å². The maximum Gasteiger partial charge on any atom is 0.328 e. The van der Waals surface area contributed by atoms with Crippen molar-refractivity contribution in [3.63, 3.8) is 0 Å². The van der Waals surface area contributed by atoms with Crippen molar-refractivity contribution < 1.29 is 24.2 Å². The van der Waals surface area contributed by atoms with E-state index in [1.807, 2.05) is 0 Å². The number of β-amino-alcohol motifs (C(OH)–C–C–N with tert-alkyl or cyclic N) is 1. The van der Waals surface area contributed by atoms with Gasteiger partial charge in [-0.05, 0) is 5.41 Å². The quantitative estimate of drug-likeness (QED) is 0.536. The zero-order chi connectivity index (χ0) is 16.4. The molecule has 0 aromatic heterocycles. The van der Waals surface area contributed by atoms with Gasteiger partial charge in [0.2, 0.25) is 13.8 Å². The third-order valence-electron chi connectivity index (χ3n) is 3.43. The monoisotopic (exact) mass is 296 g/mol. The van der Waals surface area contributed by atoms with Crippen LogP contribution in [0.1, 0.15) is 27.2 Å². The predicted octanol–water partition coefficient (Wildman–Crippen LogP) is -0.586. The topological polar surface area (TPSA) is 95.9 Å². The second-order valence-corrected chi connectivity index (χ2v) is 6.23. The molecule has 0 bridgehead atoms. The Morgan fingerprint density at radius 3 is 2.38 bits per heavy atom. The van der Waals surface area contributed by atoms with Gasteiger partial charge in [0, 0.05) is 13.0 Å². The lowest BCUT2D eigenvalue weighted by Crippen LogP contribution is -2.56. The number of nitrogens with zero attached hydrogens (tertiary/aromatic N) is 1. The summed E-state index contributed by atoms with van der Waals surface area (Å²) in [5.74, 6) is -1.88. The first-order valence-electron chi connectivity index (χ1n) is 6.70. The summed E-state index contributed by atoms with van der Waals surface area (Å²) in [6, 6.07) is -1.75. The Balaban J connectivity index is 3.01. The molecule has 1 saturated heterocycles. The fraction of sp³-hybridized carbons (Fsp3) is 0.769. The van der Waals surface area contributed by atoms with Crippen LogP contribution >= 0.6 is 0 Å². The molecule has 1 rings (SSSR count). The van der Waals surface area contributed by atoms with Gasteiger partial charge in [-0.2, -0.15) is 0 Å². The molecule has 8 heteroatoms. The van der Waals surface area contributed by atoms with Gasteiger partial charge in [-0.1, -0.05) is 20.8 Å². The largest absolute Gasteiger partial charge is 0.467 e. The highest BCUT2D eigenvalue weighted by Gasteiger charge is 2.44. The summed E-state index contributed by atoms with van der Waals surface area (Å²) in [6.45, 7) is 5.33. The summed E-state index contributed by atoms with van der Waals surface area (Å²) in [5, 5.41) is 12.1. The summed E-state index contributed by atoms with van der Waals surface area (Å²) >= 11 is 0. The highest BCUT2D eigenvalue weighted by molar-refractivity contribution is 6.57. The minimum Gasteiger partial charge on any atom is -0.467 e. The molecule has 2 amide bonds. The first kappa shape index (κ1) is 17.5. The number of methoxy groups -OCH3 is 1. The molecule has 1 heterocycles. The van der Waals surface area contributed by atoms with Crippen molar-refractivity contribution in [3.8, 4) is 0 Å². The second-order valence-electron chi connectivity index (χ2n) is 6.23. The molecular formula is C13H21BN2O5. The standard InChI is InChI=1S/C13H21BN2O5/c1-13(2,3)9(15-12(14)20)10(18)16-6-7(17)5-8(16)11(19)21-4/h7-9,17H,5-6H2,1-4H3,(H,15,20). The fourth-order valence-electron chi connectivity index (χ4n) is 2.37. The second kappa shape index (κ2) is 6.47. The first-order valence-corrected chi connectivity index (χ1v) is 6.70. The van der Waals surface area contributed by atoms with E-state index in [0.29, 0.717) is 0 Å². The van der Waals surface area contributed by atoms with Gasteiger partial charge in [-0.15, -0.1) is 0 Å². The van der Waals surface area contributed by atoms with Crippen LogP contribution in [0.2, 0.25) is 0 Å². The average Bonchev–Trinajstić information content (AvgIpc) is 2.74. The Morgan fingerprint density at radius 1 is 1.38 bits per heavy atom. The van der Waals surface area contributed by atoms with Gasteiger partial charge in [-0.25, -0.2) is 4.79 Å². The summed E-state index contributed by atoms with van der Waals surface area (Å²) in [5.41, 5.74) is -0.597. The van der Waals surface area contributed by atoms with Crippen molar-refractivity contribution in [2.75, 3.05) is 13.7 Å². The number of amides is 2. The molecule has 0 saturated carbocycles. The van der Waals surface area contributed by atoms with Crippen LogP contribution in [0.3, 0.4) is 0 Å². The van der Waals surface area contributed by atoms with Crippen LogP contribution in [0, 0.1) is 5.41 Å². The molecule has 1 aliphatic heterocycles. The van der Waals surface area contributed by atoms with Gasteiger partial charge >= 0.3 is 5.97 Å². The number of rotatable bonds is 3. The van der Waals surface area contributed by atoms with E-state index >= 15 is 0 Å². The predicted molar refractivity (Wildman–Crippen MR) is 75.7 cm³/mol. The molecule has 0 aromatic carbocycles. The lowest BCUT2D eigenvalue weighted by atomic mass is 9.85. The maximum absolute atomic E-state index is 12.6. The minimum atomic E-state index is -0.896. The highest BCUT2D eigenvalue weighted by atomic mass is 16.5. The number of esters is 1. The van der Waals surface area contributed by atoms with E-state index in [0.717, 1.165) is 0 Å². The lowest BCUT2D eigenvalue weighted by molar-refractivity contribution is -0.152. The molecule has 0 aromatic rings. The van der Waals surface area contributed by atoms with Gasteiger partial charge in [0.05, 0.1) is 13.2 Å². The van der Waals surface area contributed by atoms with Gasteiger partial charge in [0.25, 0.3) is 0 Å². The van der Waals surface area contributed by atoms with Crippen molar-refractivity contribution in [2.24, 2.45) is 5.41 Å². The van der Waals surface area contributed by atoms with E-state index in [9.17, 15) is 19.5 Å².